The molecular weight excluding hydrogens is 402 g/mol. The minimum atomic E-state index is -3.64. The van der Waals surface area contributed by atoms with Crippen molar-refractivity contribution in [2.45, 2.75) is 25.3 Å². The average molecular weight is 424 g/mol. The molecule has 0 saturated heterocycles. The van der Waals surface area contributed by atoms with E-state index in [9.17, 15) is 8.42 Å². The summed E-state index contributed by atoms with van der Waals surface area (Å²) in [6, 6.07) is 6.56. The standard InChI is InChI=1S/C17H21N5O2S3/c1-3-22(4-2)11-14-12-26-17(20-14)19-13-5-7-15(8-6-13)27(23,24)21-16-18-9-10-25-16/h5-10,12H,3-4,11H2,1-2H3,(H,18,21)(H,19,20). The molecule has 3 rings (SSSR count). The van der Waals surface area contributed by atoms with E-state index in [4.69, 9.17) is 0 Å². The van der Waals surface area contributed by atoms with Gasteiger partial charge in [0.05, 0.1) is 10.6 Å². The van der Waals surface area contributed by atoms with Crippen LogP contribution in [-0.2, 0) is 16.6 Å². The van der Waals surface area contributed by atoms with E-state index in [2.05, 4.69) is 38.8 Å². The lowest BCUT2D eigenvalue weighted by molar-refractivity contribution is 0.293. The molecule has 0 bridgehead atoms. The molecule has 27 heavy (non-hydrogen) atoms. The summed E-state index contributed by atoms with van der Waals surface area (Å²) in [5.74, 6) is 0. The van der Waals surface area contributed by atoms with Crippen LogP contribution in [0.25, 0.3) is 0 Å². The first-order valence-corrected chi connectivity index (χ1v) is 11.7. The molecule has 3 aromatic rings. The van der Waals surface area contributed by atoms with E-state index in [1.807, 2.05) is 5.38 Å². The summed E-state index contributed by atoms with van der Waals surface area (Å²) < 4.78 is 27.2. The van der Waals surface area contributed by atoms with Crippen molar-refractivity contribution in [2.75, 3.05) is 23.1 Å². The van der Waals surface area contributed by atoms with Crippen molar-refractivity contribution in [3.05, 3.63) is 46.9 Å². The van der Waals surface area contributed by atoms with Crippen LogP contribution >= 0.6 is 22.7 Å². The van der Waals surface area contributed by atoms with E-state index in [0.29, 0.717) is 5.13 Å². The van der Waals surface area contributed by atoms with E-state index in [-0.39, 0.29) is 4.90 Å². The lowest BCUT2D eigenvalue weighted by Crippen LogP contribution is -2.22. The van der Waals surface area contributed by atoms with Crippen LogP contribution in [0.4, 0.5) is 16.0 Å². The van der Waals surface area contributed by atoms with Crippen LogP contribution in [0.1, 0.15) is 19.5 Å². The van der Waals surface area contributed by atoms with Gasteiger partial charge in [-0.25, -0.2) is 18.4 Å². The predicted octanol–water partition coefficient (Wildman–Crippen LogP) is 3.99. The quantitative estimate of drug-likeness (QED) is 0.541. The maximum Gasteiger partial charge on any atom is 0.263 e. The molecule has 2 heterocycles. The van der Waals surface area contributed by atoms with Crippen LogP contribution in [0.3, 0.4) is 0 Å². The van der Waals surface area contributed by atoms with E-state index in [0.717, 1.165) is 36.1 Å². The summed E-state index contributed by atoms with van der Waals surface area (Å²) in [5, 5.41) is 8.11. The van der Waals surface area contributed by atoms with Gasteiger partial charge in [0.2, 0.25) is 0 Å². The SMILES string of the molecule is CCN(CC)Cc1csc(Nc2ccc(S(=O)(=O)Nc3nccs3)cc2)n1. The molecule has 0 saturated carbocycles. The molecule has 0 amide bonds. The van der Waals surface area contributed by atoms with Gasteiger partial charge >= 0.3 is 0 Å². The molecular formula is C17H21N5O2S3. The summed E-state index contributed by atoms with van der Waals surface area (Å²) >= 11 is 2.77. The number of benzene rings is 1. The number of nitrogens with zero attached hydrogens (tertiary/aromatic N) is 3. The van der Waals surface area contributed by atoms with Gasteiger partial charge in [-0.3, -0.25) is 9.62 Å². The van der Waals surface area contributed by atoms with Crippen LogP contribution in [0, 0.1) is 0 Å². The van der Waals surface area contributed by atoms with Crippen molar-refractivity contribution in [3.63, 3.8) is 0 Å². The fourth-order valence-corrected chi connectivity index (χ4v) is 4.91. The van der Waals surface area contributed by atoms with Crippen molar-refractivity contribution in [2.24, 2.45) is 0 Å². The Kier molecular flexibility index (Phi) is 6.42. The Morgan fingerprint density at radius 2 is 1.81 bits per heavy atom. The zero-order valence-electron chi connectivity index (χ0n) is 15.0. The number of sulfonamides is 1. The van der Waals surface area contributed by atoms with Crippen LogP contribution < -0.4 is 10.0 Å². The highest BCUT2D eigenvalue weighted by molar-refractivity contribution is 7.93. The van der Waals surface area contributed by atoms with Crippen molar-refractivity contribution in [3.8, 4) is 0 Å². The molecule has 0 aliphatic carbocycles. The van der Waals surface area contributed by atoms with Gasteiger partial charge in [-0.2, -0.15) is 0 Å². The highest BCUT2D eigenvalue weighted by atomic mass is 32.2. The van der Waals surface area contributed by atoms with Crippen LogP contribution in [0.5, 0.6) is 0 Å². The maximum absolute atomic E-state index is 12.4. The van der Waals surface area contributed by atoms with Crippen molar-refractivity contribution in [1.82, 2.24) is 14.9 Å². The Labute approximate surface area is 167 Å². The third-order valence-corrected chi connectivity index (χ3v) is 6.88. The Morgan fingerprint density at radius 1 is 1.07 bits per heavy atom. The second-order valence-corrected chi connectivity index (χ2v) is 9.13. The second-order valence-electron chi connectivity index (χ2n) is 5.70. The monoisotopic (exact) mass is 423 g/mol. The van der Waals surface area contributed by atoms with Gasteiger partial charge in [-0.15, -0.1) is 22.7 Å². The Morgan fingerprint density at radius 3 is 2.44 bits per heavy atom. The Balaban J connectivity index is 1.65. The van der Waals surface area contributed by atoms with E-state index in [1.54, 1.807) is 35.8 Å². The first-order chi connectivity index (χ1) is 13.0. The summed E-state index contributed by atoms with van der Waals surface area (Å²) in [6.45, 7) is 7.07. The van der Waals surface area contributed by atoms with Gasteiger partial charge < -0.3 is 5.32 Å². The molecule has 144 valence electrons. The first-order valence-electron chi connectivity index (χ1n) is 8.46. The normalized spacial score (nSPS) is 11.7. The second kappa shape index (κ2) is 8.79. The fourth-order valence-electron chi connectivity index (χ4n) is 2.40. The number of nitrogens with one attached hydrogen (secondary N) is 2. The molecule has 0 atom stereocenters. The zero-order valence-corrected chi connectivity index (χ0v) is 17.5. The van der Waals surface area contributed by atoms with Crippen LogP contribution in [-0.4, -0.2) is 36.4 Å². The molecule has 0 spiro atoms. The number of rotatable bonds is 9. The maximum atomic E-state index is 12.4. The summed E-state index contributed by atoms with van der Waals surface area (Å²) in [7, 11) is -3.64. The number of hydrogen-bond acceptors (Lipinski definition) is 8. The van der Waals surface area contributed by atoms with Gasteiger partial charge in [-0.1, -0.05) is 13.8 Å². The van der Waals surface area contributed by atoms with Gasteiger partial charge in [0.1, 0.15) is 0 Å². The van der Waals surface area contributed by atoms with Crippen LogP contribution in [0.15, 0.2) is 46.1 Å². The largest absolute Gasteiger partial charge is 0.332 e. The highest BCUT2D eigenvalue weighted by Gasteiger charge is 2.15. The predicted molar refractivity (Wildman–Crippen MR) is 111 cm³/mol. The molecule has 0 fully saturated rings. The molecule has 0 aliphatic rings. The number of anilines is 3. The topological polar surface area (TPSA) is 87.2 Å². The number of thiazole rings is 2. The zero-order chi connectivity index (χ0) is 19.3. The minimum Gasteiger partial charge on any atom is -0.332 e. The summed E-state index contributed by atoms with van der Waals surface area (Å²) in [4.78, 5) is 11.0. The molecule has 2 aromatic heterocycles. The lowest BCUT2D eigenvalue weighted by Gasteiger charge is -2.15. The highest BCUT2D eigenvalue weighted by Crippen LogP contribution is 2.24. The molecule has 0 aliphatic heterocycles. The molecule has 10 heteroatoms. The Bertz CT molecular complexity index is 949. The lowest BCUT2D eigenvalue weighted by atomic mass is 10.3. The van der Waals surface area contributed by atoms with Gasteiger partial charge in [0, 0.05) is 29.2 Å². The van der Waals surface area contributed by atoms with Gasteiger partial charge in [-0.05, 0) is 37.4 Å². The average Bonchev–Trinajstić information content (AvgIpc) is 3.32. The van der Waals surface area contributed by atoms with Crippen molar-refractivity contribution >= 4 is 48.6 Å². The van der Waals surface area contributed by atoms with Gasteiger partial charge in [0.25, 0.3) is 10.0 Å². The smallest absolute Gasteiger partial charge is 0.263 e. The molecule has 2 N–H and O–H groups in total. The van der Waals surface area contributed by atoms with Crippen molar-refractivity contribution in [1.29, 1.82) is 0 Å². The number of aromatic nitrogens is 2. The third-order valence-electron chi connectivity index (χ3n) is 3.90. The molecule has 0 radical (unpaired) electrons. The first kappa shape index (κ1) is 19.7. The minimum absolute atomic E-state index is 0.185. The number of hydrogen-bond donors (Lipinski definition) is 2. The molecule has 1 aromatic carbocycles. The molecule has 7 nitrogen and oxygen atoms in total. The Hall–Kier alpha value is -2.01. The van der Waals surface area contributed by atoms with Gasteiger partial charge in [0.15, 0.2) is 10.3 Å². The third kappa shape index (κ3) is 5.25. The van der Waals surface area contributed by atoms with E-state index >= 15 is 0 Å². The summed E-state index contributed by atoms with van der Waals surface area (Å²) in [6.07, 6.45) is 1.55. The van der Waals surface area contributed by atoms with E-state index < -0.39 is 10.0 Å². The fraction of sp³-hybridized carbons (Fsp3) is 0.294. The molecule has 0 unspecified atom stereocenters. The van der Waals surface area contributed by atoms with Crippen molar-refractivity contribution < 1.29 is 8.42 Å². The van der Waals surface area contributed by atoms with Crippen LogP contribution in [0.2, 0.25) is 0 Å². The summed E-state index contributed by atoms with van der Waals surface area (Å²) in [5.41, 5.74) is 1.81. The van der Waals surface area contributed by atoms with E-state index in [1.165, 1.54) is 22.7 Å².